The lowest BCUT2D eigenvalue weighted by Crippen LogP contribution is -2.41. The average Bonchev–Trinajstić information content (AvgIpc) is 2.89. The number of carbonyl (C=O) groups excluding carboxylic acids is 1. The first-order valence-corrected chi connectivity index (χ1v) is 9.27. The summed E-state index contributed by atoms with van der Waals surface area (Å²) in [5.41, 5.74) is 5.62. The van der Waals surface area contributed by atoms with Crippen molar-refractivity contribution in [3.8, 4) is 0 Å². The molecule has 1 atom stereocenters. The predicted molar refractivity (Wildman–Crippen MR) is 88.3 cm³/mol. The molecule has 0 radical (unpaired) electrons. The van der Waals surface area contributed by atoms with Gasteiger partial charge in [-0.2, -0.15) is 0 Å². The van der Waals surface area contributed by atoms with Gasteiger partial charge in [0.25, 0.3) is 0 Å². The van der Waals surface area contributed by atoms with Crippen molar-refractivity contribution in [2.75, 3.05) is 12.3 Å². The van der Waals surface area contributed by atoms with Gasteiger partial charge in [-0.05, 0) is 25.2 Å². The molecule has 1 unspecified atom stereocenters. The van der Waals surface area contributed by atoms with Gasteiger partial charge in [-0.15, -0.1) is 12.4 Å². The average molecular weight is 341 g/mol. The monoisotopic (exact) mass is 340 g/mol. The van der Waals surface area contributed by atoms with Gasteiger partial charge in [0.05, 0.1) is 11.0 Å². The lowest BCUT2D eigenvalue weighted by molar-refractivity contribution is -0.121. The Morgan fingerprint density at radius 2 is 1.86 bits per heavy atom. The third-order valence-electron chi connectivity index (χ3n) is 3.83. The van der Waals surface area contributed by atoms with Crippen LogP contribution in [0, 0.1) is 5.92 Å². The molecule has 1 fully saturated rings. The minimum atomic E-state index is -3.11. The Morgan fingerprint density at radius 1 is 1.29 bits per heavy atom. The normalized spacial score (nSPS) is 17.5. The maximum absolute atomic E-state index is 12.1. The van der Waals surface area contributed by atoms with E-state index in [0.29, 0.717) is 12.5 Å². The van der Waals surface area contributed by atoms with Crippen LogP contribution in [0.2, 0.25) is 0 Å². The topological polar surface area (TPSA) is 89.3 Å². The summed E-state index contributed by atoms with van der Waals surface area (Å²) in [5, 5.41) is 2.61. The van der Waals surface area contributed by atoms with E-state index >= 15 is 0 Å². The van der Waals surface area contributed by atoms with Crippen molar-refractivity contribution in [3.05, 3.63) is 0 Å². The zero-order valence-corrected chi connectivity index (χ0v) is 14.6. The summed E-state index contributed by atoms with van der Waals surface area (Å²) in [6.07, 6.45) is 4.34. The first-order valence-electron chi connectivity index (χ1n) is 7.56. The molecule has 21 heavy (non-hydrogen) atoms. The van der Waals surface area contributed by atoms with Gasteiger partial charge in [0.2, 0.25) is 5.91 Å². The number of hydrogen-bond donors (Lipinski definition) is 2. The second-order valence-corrected chi connectivity index (χ2v) is 8.55. The van der Waals surface area contributed by atoms with Crippen LogP contribution in [0.1, 0.15) is 52.4 Å². The zero-order valence-electron chi connectivity index (χ0n) is 13.0. The summed E-state index contributed by atoms with van der Waals surface area (Å²) in [7, 11) is -3.11. The number of nitrogens with one attached hydrogen (secondary N) is 1. The van der Waals surface area contributed by atoms with Crippen LogP contribution in [-0.4, -0.2) is 37.9 Å². The molecule has 3 N–H and O–H groups in total. The van der Waals surface area contributed by atoms with E-state index in [1.54, 1.807) is 0 Å². The van der Waals surface area contributed by atoms with Crippen molar-refractivity contribution in [1.82, 2.24) is 5.32 Å². The highest BCUT2D eigenvalue weighted by Crippen LogP contribution is 2.25. The molecule has 1 amide bonds. The van der Waals surface area contributed by atoms with Crippen molar-refractivity contribution >= 4 is 28.2 Å². The van der Waals surface area contributed by atoms with E-state index in [2.05, 4.69) is 19.2 Å². The Bertz CT molecular complexity index is 406. The molecule has 126 valence electrons. The second kappa shape index (κ2) is 9.64. The summed E-state index contributed by atoms with van der Waals surface area (Å²) in [5.74, 6) is 0.205. The lowest BCUT2D eigenvalue weighted by atomic mass is 10.0. The minimum Gasteiger partial charge on any atom is -0.352 e. The SMILES string of the molecule is CC(C)CC(CN)NC(=O)CCS(=O)(=O)C1CCCC1.Cl. The molecule has 1 aliphatic rings. The third-order valence-corrected chi connectivity index (χ3v) is 6.09. The van der Waals surface area contributed by atoms with Gasteiger partial charge < -0.3 is 11.1 Å². The summed E-state index contributed by atoms with van der Waals surface area (Å²) in [4.78, 5) is 11.8. The van der Waals surface area contributed by atoms with E-state index in [1.165, 1.54) is 0 Å². The fraction of sp³-hybridized carbons (Fsp3) is 0.929. The van der Waals surface area contributed by atoms with Crippen molar-refractivity contribution < 1.29 is 13.2 Å². The summed E-state index contributed by atoms with van der Waals surface area (Å²) in [6, 6.07) is -0.0586. The number of sulfone groups is 1. The molecule has 1 aliphatic carbocycles. The van der Waals surface area contributed by atoms with E-state index in [1.807, 2.05) is 0 Å². The van der Waals surface area contributed by atoms with Crippen LogP contribution >= 0.6 is 12.4 Å². The van der Waals surface area contributed by atoms with Gasteiger partial charge >= 0.3 is 0 Å². The Balaban J connectivity index is 0.00000400. The fourth-order valence-electron chi connectivity index (χ4n) is 2.73. The van der Waals surface area contributed by atoms with Gasteiger partial charge in [0.1, 0.15) is 0 Å². The molecule has 1 saturated carbocycles. The minimum absolute atomic E-state index is 0. The van der Waals surface area contributed by atoms with Gasteiger partial charge in [-0.25, -0.2) is 8.42 Å². The molecule has 1 rings (SSSR count). The van der Waals surface area contributed by atoms with Crippen LogP contribution < -0.4 is 11.1 Å². The Labute approximate surface area is 134 Å². The van der Waals surface area contributed by atoms with Crippen LogP contribution in [-0.2, 0) is 14.6 Å². The van der Waals surface area contributed by atoms with Crippen LogP contribution in [0.15, 0.2) is 0 Å². The van der Waals surface area contributed by atoms with E-state index in [0.717, 1.165) is 32.1 Å². The number of rotatable bonds is 8. The van der Waals surface area contributed by atoms with E-state index in [-0.39, 0.29) is 41.8 Å². The molecule has 5 nitrogen and oxygen atoms in total. The Hall–Kier alpha value is -0.330. The summed E-state index contributed by atoms with van der Waals surface area (Å²) in [6.45, 7) is 4.53. The van der Waals surface area contributed by atoms with Gasteiger partial charge in [-0.1, -0.05) is 26.7 Å². The first-order chi connectivity index (χ1) is 9.35. The standard InChI is InChI=1S/C14H28N2O3S.ClH/c1-11(2)9-12(10-15)16-14(17)7-8-20(18,19)13-5-3-4-6-13;/h11-13H,3-10,15H2,1-2H3,(H,16,17);1H. The molecule has 0 aromatic carbocycles. The van der Waals surface area contributed by atoms with E-state index in [9.17, 15) is 13.2 Å². The van der Waals surface area contributed by atoms with Gasteiger partial charge in [-0.3, -0.25) is 4.79 Å². The molecule has 0 bridgehead atoms. The molecule has 0 aromatic heterocycles. The second-order valence-electron chi connectivity index (χ2n) is 6.15. The molecule has 0 heterocycles. The molecule has 0 spiro atoms. The first kappa shape index (κ1) is 20.7. The fourth-order valence-corrected chi connectivity index (χ4v) is 4.59. The highest BCUT2D eigenvalue weighted by atomic mass is 35.5. The maximum atomic E-state index is 12.1. The lowest BCUT2D eigenvalue weighted by Gasteiger charge is -2.19. The quantitative estimate of drug-likeness (QED) is 0.703. The van der Waals surface area contributed by atoms with Crippen LogP contribution in [0.3, 0.4) is 0 Å². The smallest absolute Gasteiger partial charge is 0.221 e. The number of hydrogen-bond acceptors (Lipinski definition) is 4. The number of carbonyl (C=O) groups is 1. The highest BCUT2D eigenvalue weighted by Gasteiger charge is 2.29. The van der Waals surface area contributed by atoms with Gasteiger partial charge in [0.15, 0.2) is 9.84 Å². The predicted octanol–water partition coefficient (Wildman–Crippen LogP) is 1.65. The molecule has 0 aromatic rings. The van der Waals surface area contributed by atoms with Crippen molar-refractivity contribution in [3.63, 3.8) is 0 Å². The maximum Gasteiger partial charge on any atom is 0.221 e. The third kappa shape index (κ3) is 7.47. The van der Waals surface area contributed by atoms with Gasteiger partial charge in [0, 0.05) is 19.0 Å². The van der Waals surface area contributed by atoms with E-state index in [4.69, 9.17) is 5.73 Å². The summed E-state index contributed by atoms with van der Waals surface area (Å²) < 4.78 is 24.1. The van der Waals surface area contributed by atoms with Crippen molar-refractivity contribution in [1.29, 1.82) is 0 Å². The highest BCUT2D eigenvalue weighted by molar-refractivity contribution is 7.92. The summed E-state index contributed by atoms with van der Waals surface area (Å²) >= 11 is 0. The van der Waals surface area contributed by atoms with Crippen LogP contribution in [0.25, 0.3) is 0 Å². The molecule has 0 aliphatic heterocycles. The van der Waals surface area contributed by atoms with E-state index < -0.39 is 9.84 Å². The Kier molecular flexibility index (Phi) is 9.49. The van der Waals surface area contributed by atoms with Crippen molar-refractivity contribution in [2.24, 2.45) is 11.7 Å². The molecule has 7 heteroatoms. The zero-order chi connectivity index (χ0) is 15.2. The largest absolute Gasteiger partial charge is 0.352 e. The number of amides is 1. The van der Waals surface area contributed by atoms with Crippen LogP contribution in [0.4, 0.5) is 0 Å². The molecule has 0 saturated heterocycles. The number of halogens is 1. The number of nitrogens with two attached hydrogens (primary N) is 1. The van der Waals surface area contributed by atoms with Crippen LogP contribution in [0.5, 0.6) is 0 Å². The van der Waals surface area contributed by atoms with Crippen molar-refractivity contribution in [2.45, 2.75) is 63.7 Å². The molecular formula is C14H29ClN2O3S. The Morgan fingerprint density at radius 3 is 2.33 bits per heavy atom. The molecular weight excluding hydrogens is 312 g/mol.